The minimum atomic E-state index is -0.530. The molecule has 6 nitrogen and oxygen atoms in total. The van der Waals surface area contributed by atoms with Crippen LogP contribution in [-0.2, 0) is 0 Å². The van der Waals surface area contributed by atoms with Crippen LogP contribution in [0.4, 0.5) is 4.39 Å². The van der Waals surface area contributed by atoms with Crippen LogP contribution in [0.5, 0.6) is 5.75 Å². The van der Waals surface area contributed by atoms with Crippen molar-refractivity contribution >= 4 is 5.91 Å². The highest BCUT2D eigenvalue weighted by Gasteiger charge is 2.35. The summed E-state index contributed by atoms with van der Waals surface area (Å²) in [6, 6.07) is 12.9. The lowest BCUT2D eigenvalue weighted by atomic mass is 10.1. The molecule has 0 radical (unpaired) electrons. The summed E-state index contributed by atoms with van der Waals surface area (Å²) in [6.45, 7) is 0.526. The topological polar surface area (TPSA) is 68.5 Å². The zero-order chi connectivity index (χ0) is 18.8. The third-order valence-electron chi connectivity index (χ3n) is 4.69. The molecule has 0 spiro atoms. The standard InChI is InChI=1S/C20H18FN3O3/c1-26-14-10-8-13(9-11-14)18-22-19(27-23-18)17-7-4-12-24(17)20(25)15-5-2-3-6-16(15)21/h2-3,5-6,8-11,17H,4,7,12H2,1H3/t17-/m1/s1. The van der Waals surface area contributed by atoms with Gasteiger partial charge in [-0.3, -0.25) is 4.79 Å². The molecular formula is C20H18FN3O3. The Kier molecular flexibility index (Phi) is 4.58. The first-order valence-corrected chi connectivity index (χ1v) is 8.71. The van der Waals surface area contributed by atoms with E-state index in [1.54, 1.807) is 24.1 Å². The van der Waals surface area contributed by atoms with E-state index in [1.807, 2.05) is 24.3 Å². The zero-order valence-corrected chi connectivity index (χ0v) is 14.8. The maximum absolute atomic E-state index is 14.0. The molecular weight excluding hydrogens is 349 g/mol. The van der Waals surface area contributed by atoms with Gasteiger partial charge in [0.05, 0.1) is 12.7 Å². The van der Waals surface area contributed by atoms with Gasteiger partial charge in [-0.25, -0.2) is 4.39 Å². The number of carbonyl (C=O) groups is 1. The van der Waals surface area contributed by atoms with Gasteiger partial charge in [-0.2, -0.15) is 4.98 Å². The zero-order valence-electron chi connectivity index (χ0n) is 14.8. The fraction of sp³-hybridized carbons (Fsp3) is 0.250. The molecule has 2 heterocycles. The first-order valence-electron chi connectivity index (χ1n) is 8.71. The minimum absolute atomic E-state index is 0.0549. The molecule has 1 aromatic heterocycles. The Hall–Kier alpha value is -3.22. The molecule has 1 aliphatic rings. The summed E-state index contributed by atoms with van der Waals surface area (Å²) >= 11 is 0. The molecule has 0 aliphatic carbocycles. The summed E-state index contributed by atoms with van der Waals surface area (Å²) in [5.74, 6) is 0.651. The predicted molar refractivity (Wildman–Crippen MR) is 95.7 cm³/mol. The number of hydrogen-bond acceptors (Lipinski definition) is 5. The monoisotopic (exact) mass is 367 g/mol. The minimum Gasteiger partial charge on any atom is -0.497 e. The van der Waals surface area contributed by atoms with Crippen molar-refractivity contribution in [3.63, 3.8) is 0 Å². The number of likely N-dealkylation sites (tertiary alicyclic amines) is 1. The van der Waals surface area contributed by atoms with Crippen LogP contribution >= 0.6 is 0 Å². The van der Waals surface area contributed by atoms with Crippen molar-refractivity contribution in [1.29, 1.82) is 0 Å². The molecule has 0 unspecified atom stereocenters. The Morgan fingerprint density at radius 2 is 2.00 bits per heavy atom. The molecule has 3 aromatic rings. The van der Waals surface area contributed by atoms with E-state index in [4.69, 9.17) is 9.26 Å². The predicted octanol–water partition coefficient (Wildman–Crippen LogP) is 3.86. The molecule has 1 saturated heterocycles. The van der Waals surface area contributed by atoms with Gasteiger partial charge in [0.1, 0.15) is 17.6 Å². The SMILES string of the molecule is COc1ccc(-c2noc([C@H]3CCCN3C(=O)c3ccccc3F)n2)cc1. The molecule has 1 atom stereocenters. The van der Waals surface area contributed by atoms with Crippen molar-refractivity contribution in [3.05, 3.63) is 65.8 Å². The molecule has 138 valence electrons. The number of benzene rings is 2. The molecule has 0 saturated carbocycles. The van der Waals surface area contributed by atoms with Gasteiger partial charge in [-0.1, -0.05) is 17.3 Å². The molecule has 7 heteroatoms. The van der Waals surface area contributed by atoms with Gasteiger partial charge in [0, 0.05) is 12.1 Å². The fourth-order valence-corrected chi connectivity index (χ4v) is 3.28. The summed E-state index contributed by atoms with van der Waals surface area (Å²) in [5.41, 5.74) is 0.843. The normalized spacial score (nSPS) is 16.5. The quantitative estimate of drug-likeness (QED) is 0.700. The maximum atomic E-state index is 14.0. The van der Waals surface area contributed by atoms with E-state index in [-0.39, 0.29) is 17.5 Å². The van der Waals surface area contributed by atoms with Crippen LogP contribution in [0.3, 0.4) is 0 Å². The van der Waals surface area contributed by atoms with E-state index >= 15 is 0 Å². The molecule has 1 fully saturated rings. The van der Waals surface area contributed by atoms with E-state index in [2.05, 4.69) is 10.1 Å². The highest BCUT2D eigenvalue weighted by Crippen LogP contribution is 2.33. The third-order valence-corrected chi connectivity index (χ3v) is 4.69. The molecule has 0 N–H and O–H groups in total. The summed E-state index contributed by atoms with van der Waals surface area (Å²) in [6.07, 6.45) is 1.50. The van der Waals surface area contributed by atoms with Crippen LogP contribution in [0.25, 0.3) is 11.4 Å². The number of rotatable bonds is 4. The third kappa shape index (κ3) is 3.28. The lowest BCUT2D eigenvalue weighted by molar-refractivity contribution is 0.0705. The Morgan fingerprint density at radius 1 is 1.22 bits per heavy atom. The fourth-order valence-electron chi connectivity index (χ4n) is 3.28. The molecule has 2 aromatic carbocycles. The van der Waals surface area contributed by atoms with Crippen LogP contribution in [0.15, 0.2) is 53.1 Å². The number of hydrogen-bond donors (Lipinski definition) is 0. The molecule has 4 rings (SSSR count). The number of halogens is 1. The average Bonchev–Trinajstić information content (AvgIpc) is 3.37. The van der Waals surface area contributed by atoms with E-state index in [0.29, 0.717) is 24.7 Å². The van der Waals surface area contributed by atoms with E-state index in [9.17, 15) is 9.18 Å². The Bertz CT molecular complexity index is 955. The van der Waals surface area contributed by atoms with Crippen molar-refractivity contribution in [3.8, 4) is 17.1 Å². The molecule has 1 aliphatic heterocycles. The molecule has 27 heavy (non-hydrogen) atoms. The smallest absolute Gasteiger partial charge is 0.257 e. The highest BCUT2D eigenvalue weighted by molar-refractivity contribution is 5.94. The summed E-state index contributed by atoms with van der Waals surface area (Å²) in [5, 5.41) is 4.03. The maximum Gasteiger partial charge on any atom is 0.257 e. The van der Waals surface area contributed by atoms with Crippen LogP contribution in [-0.4, -0.2) is 34.6 Å². The van der Waals surface area contributed by atoms with E-state index in [1.165, 1.54) is 12.1 Å². The van der Waals surface area contributed by atoms with Crippen molar-refractivity contribution in [2.75, 3.05) is 13.7 Å². The van der Waals surface area contributed by atoms with Crippen molar-refractivity contribution in [2.45, 2.75) is 18.9 Å². The van der Waals surface area contributed by atoms with Gasteiger partial charge < -0.3 is 14.2 Å². The second kappa shape index (κ2) is 7.19. The summed E-state index contributed by atoms with van der Waals surface area (Å²) < 4.78 is 24.6. The molecule has 1 amide bonds. The van der Waals surface area contributed by atoms with Crippen LogP contribution < -0.4 is 4.74 Å². The Balaban J connectivity index is 1.58. The van der Waals surface area contributed by atoms with Crippen LogP contribution in [0.1, 0.15) is 35.1 Å². The van der Waals surface area contributed by atoms with Crippen LogP contribution in [0, 0.1) is 5.82 Å². The Morgan fingerprint density at radius 3 is 2.74 bits per heavy atom. The number of amides is 1. The Labute approximate surface area is 155 Å². The van der Waals surface area contributed by atoms with E-state index < -0.39 is 5.82 Å². The molecule has 0 bridgehead atoms. The number of aromatic nitrogens is 2. The summed E-state index contributed by atoms with van der Waals surface area (Å²) in [7, 11) is 1.60. The largest absolute Gasteiger partial charge is 0.497 e. The van der Waals surface area contributed by atoms with Crippen molar-refractivity contribution in [1.82, 2.24) is 15.0 Å². The van der Waals surface area contributed by atoms with Crippen LogP contribution in [0.2, 0.25) is 0 Å². The lowest BCUT2D eigenvalue weighted by Gasteiger charge is -2.22. The first-order chi connectivity index (χ1) is 13.2. The second-order valence-corrected chi connectivity index (χ2v) is 6.32. The van der Waals surface area contributed by atoms with Gasteiger partial charge in [-0.05, 0) is 49.2 Å². The van der Waals surface area contributed by atoms with Gasteiger partial charge in [0.25, 0.3) is 5.91 Å². The van der Waals surface area contributed by atoms with Gasteiger partial charge >= 0.3 is 0 Å². The second-order valence-electron chi connectivity index (χ2n) is 6.32. The number of carbonyl (C=O) groups excluding carboxylic acids is 1. The number of nitrogens with zero attached hydrogens (tertiary/aromatic N) is 3. The van der Waals surface area contributed by atoms with Gasteiger partial charge in [-0.15, -0.1) is 0 Å². The van der Waals surface area contributed by atoms with Gasteiger partial charge in [0.15, 0.2) is 0 Å². The summed E-state index contributed by atoms with van der Waals surface area (Å²) in [4.78, 5) is 18.8. The first kappa shape index (κ1) is 17.2. The van der Waals surface area contributed by atoms with Crippen molar-refractivity contribution < 1.29 is 18.4 Å². The number of methoxy groups -OCH3 is 1. The average molecular weight is 367 g/mol. The van der Waals surface area contributed by atoms with E-state index in [0.717, 1.165) is 17.7 Å². The lowest BCUT2D eigenvalue weighted by Crippen LogP contribution is -2.31. The number of ether oxygens (including phenoxy) is 1. The highest BCUT2D eigenvalue weighted by atomic mass is 19.1. The van der Waals surface area contributed by atoms with Gasteiger partial charge in [0.2, 0.25) is 11.7 Å². The van der Waals surface area contributed by atoms with Crippen molar-refractivity contribution in [2.24, 2.45) is 0 Å².